The molecule has 0 spiro atoms. The van der Waals surface area contributed by atoms with Crippen LogP contribution >= 0.6 is 0 Å². The Hall–Kier alpha value is -1.92. The molecule has 4 nitrogen and oxygen atoms in total. The van der Waals surface area contributed by atoms with Gasteiger partial charge in [0.2, 0.25) is 0 Å². The zero-order valence-corrected chi connectivity index (χ0v) is 8.94. The molecule has 17 heavy (non-hydrogen) atoms. The number of benzene rings is 1. The van der Waals surface area contributed by atoms with Gasteiger partial charge in [-0.25, -0.2) is 0 Å². The Bertz CT molecular complexity index is 501. The molecular weight excluding hydrogens is 233 g/mol. The van der Waals surface area contributed by atoms with Gasteiger partial charge in [-0.15, -0.1) is 10.2 Å². The number of aromatic nitrogens is 4. The SMILES string of the molecule is Cc1nnn(Cc2ccc(C(F)(F)F)cc2)n1. The molecule has 0 saturated heterocycles. The molecule has 1 aromatic carbocycles. The van der Waals surface area contributed by atoms with Crippen molar-refractivity contribution in [3.8, 4) is 0 Å². The van der Waals surface area contributed by atoms with Crippen molar-refractivity contribution in [2.45, 2.75) is 19.6 Å². The van der Waals surface area contributed by atoms with Crippen LogP contribution in [-0.4, -0.2) is 20.2 Å². The third-order valence-electron chi connectivity index (χ3n) is 2.16. The molecule has 2 aromatic rings. The van der Waals surface area contributed by atoms with Gasteiger partial charge in [-0.2, -0.15) is 18.0 Å². The van der Waals surface area contributed by atoms with Crippen molar-refractivity contribution in [2.75, 3.05) is 0 Å². The van der Waals surface area contributed by atoms with Gasteiger partial charge in [0.1, 0.15) is 0 Å². The van der Waals surface area contributed by atoms with E-state index in [0.29, 0.717) is 17.9 Å². The van der Waals surface area contributed by atoms with Crippen LogP contribution in [0, 0.1) is 6.92 Å². The predicted molar refractivity (Wildman–Crippen MR) is 53.1 cm³/mol. The molecule has 0 aliphatic heterocycles. The number of hydrogen-bond donors (Lipinski definition) is 0. The van der Waals surface area contributed by atoms with Gasteiger partial charge < -0.3 is 0 Å². The van der Waals surface area contributed by atoms with Crippen LogP contribution in [0.4, 0.5) is 13.2 Å². The highest BCUT2D eigenvalue weighted by Crippen LogP contribution is 2.29. The Labute approximate surface area is 95.1 Å². The molecule has 0 atom stereocenters. The molecular formula is C10H9F3N4. The first-order valence-corrected chi connectivity index (χ1v) is 4.86. The summed E-state index contributed by atoms with van der Waals surface area (Å²) in [6.45, 7) is 2.00. The van der Waals surface area contributed by atoms with Gasteiger partial charge >= 0.3 is 6.18 Å². The van der Waals surface area contributed by atoms with E-state index in [1.165, 1.54) is 16.9 Å². The van der Waals surface area contributed by atoms with E-state index in [0.717, 1.165) is 12.1 Å². The fraction of sp³-hybridized carbons (Fsp3) is 0.300. The molecule has 1 aromatic heterocycles. The fourth-order valence-electron chi connectivity index (χ4n) is 1.35. The van der Waals surface area contributed by atoms with Crippen molar-refractivity contribution < 1.29 is 13.2 Å². The van der Waals surface area contributed by atoms with Gasteiger partial charge in [-0.3, -0.25) is 0 Å². The second-order valence-electron chi connectivity index (χ2n) is 3.56. The molecule has 0 saturated carbocycles. The molecule has 0 amide bonds. The Balaban J connectivity index is 2.13. The summed E-state index contributed by atoms with van der Waals surface area (Å²) in [6, 6.07) is 4.89. The largest absolute Gasteiger partial charge is 0.416 e. The first-order valence-electron chi connectivity index (χ1n) is 4.86. The molecule has 0 fully saturated rings. The smallest absolute Gasteiger partial charge is 0.166 e. The monoisotopic (exact) mass is 242 g/mol. The first kappa shape index (κ1) is 11.6. The van der Waals surface area contributed by atoms with E-state index in [4.69, 9.17) is 0 Å². The summed E-state index contributed by atoms with van der Waals surface area (Å²) in [5, 5.41) is 11.4. The Morgan fingerprint density at radius 1 is 1.18 bits per heavy atom. The molecule has 0 N–H and O–H groups in total. The van der Waals surface area contributed by atoms with E-state index in [2.05, 4.69) is 15.4 Å². The summed E-state index contributed by atoms with van der Waals surface area (Å²) in [4.78, 5) is 1.33. The molecule has 0 unspecified atom stereocenters. The van der Waals surface area contributed by atoms with Crippen LogP contribution in [0.15, 0.2) is 24.3 Å². The maximum Gasteiger partial charge on any atom is 0.416 e. The van der Waals surface area contributed by atoms with Gasteiger partial charge in [0.05, 0.1) is 12.1 Å². The van der Waals surface area contributed by atoms with E-state index < -0.39 is 11.7 Å². The average molecular weight is 242 g/mol. The van der Waals surface area contributed by atoms with Crippen molar-refractivity contribution in [3.05, 3.63) is 41.2 Å². The van der Waals surface area contributed by atoms with Crippen LogP contribution in [-0.2, 0) is 12.7 Å². The van der Waals surface area contributed by atoms with Crippen molar-refractivity contribution in [1.82, 2.24) is 20.2 Å². The molecule has 0 aliphatic carbocycles. The number of halogens is 3. The number of aryl methyl sites for hydroxylation is 1. The Morgan fingerprint density at radius 2 is 1.82 bits per heavy atom. The maximum absolute atomic E-state index is 12.3. The fourth-order valence-corrected chi connectivity index (χ4v) is 1.35. The highest BCUT2D eigenvalue weighted by molar-refractivity contribution is 5.24. The quantitative estimate of drug-likeness (QED) is 0.809. The molecule has 0 aliphatic rings. The molecule has 0 radical (unpaired) electrons. The lowest BCUT2D eigenvalue weighted by Crippen LogP contribution is -2.07. The zero-order chi connectivity index (χ0) is 12.5. The summed E-state index contributed by atoms with van der Waals surface area (Å²) in [5.74, 6) is 0.525. The highest BCUT2D eigenvalue weighted by Gasteiger charge is 2.29. The van der Waals surface area contributed by atoms with E-state index in [-0.39, 0.29) is 0 Å². The van der Waals surface area contributed by atoms with E-state index in [9.17, 15) is 13.2 Å². The number of nitrogens with zero attached hydrogens (tertiary/aromatic N) is 4. The summed E-state index contributed by atoms with van der Waals surface area (Å²) >= 11 is 0. The number of tetrazole rings is 1. The van der Waals surface area contributed by atoms with Gasteiger partial charge in [-0.1, -0.05) is 12.1 Å². The van der Waals surface area contributed by atoms with Crippen molar-refractivity contribution >= 4 is 0 Å². The minimum Gasteiger partial charge on any atom is -0.166 e. The Kier molecular flexibility index (Phi) is 2.83. The van der Waals surface area contributed by atoms with Gasteiger partial charge in [-0.05, 0) is 29.8 Å². The second-order valence-corrected chi connectivity index (χ2v) is 3.56. The van der Waals surface area contributed by atoms with Crippen LogP contribution in [0.5, 0.6) is 0 Å². The van der Waals surface area contributed by atoms with E-state index >= 15 is 0 Å². The lowest BCUT2D eigenvalue weighted by Gasteiger charge is -2.06. The lowest BCUT2D eigenvalue weighted by molar-refractivity contribution is -0.137. The summed E-state index contributed by atoms with van der Waals surface area (Å²) < 4.78 is 36.9. The third-order valence-corrected chi connectivity index (χ3v) is 2.16. The van der Waals surface area contributed by atoms with E-state index in [1.807, 2.05) is 0 Å². The summed E-state index contributed by atoms with van der Waals surface area (Å²) in [5.41, 5.74) is 0.0272. The summed E-state index contributed by atoms with van der Waals surface area (Å²) in [6.07, 6.45) is -4.30. The van der Waals surface area contributed by atoms with Crippen LogP contribution in [0.2, 0.25) is 0 Å². The standard InChI is InChI=1S/C10H9F3N4/c1-7-14-16-17(15-7)6-8-2-4-9(5-3-8)10(11,12)13/h2-5H,6H2,1H3. The minimum atomic E-state index is -4.30. The van der Waals surface area contributed by atoms with E-state index in [1.54, 1.807) is 6.92 Å². The zero-order valence-electron chi connectivity index (χ0n) is 8.94. The van der Waals surface area contributed by atoms with Gasteiger partial charge in [0.15, 0.2) is 5.82 Å². The molecule has 90 valence electrons. The highest BCUT2D eigenvalue weighted by atomic mass is 19.4. The van der Waals surface area contributed by atoms with Crippen LogP contribution in [0.25, 0.3) is 0 Å². The maximum atomic E-state index is 12.3. The summed E-state index contributed by atoms with van der Waals surface area (Å²) in [7, 11) is 0. The lowest BCUT2D eigenvalue weighted by atomic mass is 10.1. The number of rotatable bonds is 2. The van der Waals surface area contributed by atoms with Crippen molar-refractivity contribution in [3.63, 3.8) is 0 Å². The molecule has 2 rings (SSSR count). The van der Waals surface area contributed by atoms with Crippen molar-refractivity contribution in [2.24, 2.45) is 0 Å². The molecule has 1 heterocycles. The van der Waals surface area contributed by atoms with Crippen LogP contribution < -0.4 is 0 Å². The molecule has 0 bridgehead atoms. The third kappa shape index (κ3) is 2.80. The Morgan fingerprint density at radius 3 is 2.29 bits per heavy atom. The first-order chi connectivity index (χ1) is 7.95. The van der Waals surface area contributed by atoms with Gasteiger partial charge in [0, 0.05) is 0 Å². The minimum absolute atomic E-state index is 0.305. The number of alkyl halides is 3. The second kappa shape index (κ2) is 4.15. The van der Waals surface area contributed by atoms with Crippen molar-refractivity contribution in [1.29, 1.82) is 0 Å². The van der Waals surface area contributed by atoms with Crippen LogP contribution in [0.1, 0.15) is 17.0 Å². The van der Waals surface area contributed by atoms with Crippen LogP contribution in [0.3, 0.4) is 0 Å². The number of hydrogen-bond acceptors (Lipinski definition) is 3. The molecule has 7 heteroatoms. The normalized spacial score (nSPS) is 11.8. The topological polar surface area (TPSA) is 43.6 Å². The van der Waals surface area contributed by atoms with Gasteiger partial charge in [0.25, 0.3) is 0 Å². The predicted octanol–water partition coefficient (Wildman–Crippen LogP) is 2.05. The average Bonchev–Trinajstić information content (AvgIpc) is 2.63.